The van der Waals surface area contributed by atoms with Gasteiger partial charge in [0.1, 0.15) is 6.61 Å². The minimum absolute atomic E-state index is 0.0775. The van der Waals surface area contributed by atoms with Crippen molar-refractivity contribution < 1.29 is 19.8 Å². The monoisotopic (exact) mass is 132 g/mol. The molecule has 4 nitrogen and oxygen atoms in total. The predicted octanol–water partition coefficient (Wildman–Crippen LogP) is -0.587. The molecular weight excluding hydrogens is 124 g/mol. The van der Waals surface area contributed by atoms with E-state index in [1.54, 1.807) is 0 Å². The van der Waals surface area contributed by atoms with E-state index >= 15 is 0 Å². The summed E-state index contributed by atoms with van der Waals surface area (Å²) < 4.78 is 0. The Labute approximate surface area is 52.1 Å². The van der Waals surface area contributed by atoms with Gasteiger partial charge in [-0.05, 0) is 0 Å². The lowest BCUT2D eigenvalue weighted by atomic mass is 10.2. The molecule has 0 saturated carbocycles. The Kier molecular flexibility index (Phi) is 3.62. The fourth-order valence-corrected chi connectivity index (χ4v) is 0.325. The van der Waals surface area contributed by atoms with Gasteiger partial charge in [0.2, 0.25) is 0 Å². The number of hydrogen-bond acceptors (Lipinski definition) is 3. The summed E-state index contributed by atoms with van der Waals surface area (Å²) in [5, 5.41) is 16.1. The second-order valence-corrected chi connectivity index (χ2v) is 1.59. The highest BCUT2D eigenvalue weighted by Crippen LogP contribution is 1.88. The largest absolute Gasteiger partial charge is 0.481 e. The van der Waals surface area contributed by atoms with Crippen LogP contribution < -0.4 is 0 Å². The normalized spacial score (nSPS) is 9.00. The molecule has 0 aromatic rings. The molecule has 0 aliphatic heterocycles. The molecule has 0 aliphatic rings. The minimum atomic E-state index is -1.02. The van der Waals surface area contributed by atoms with Crippen LogP contribution in [0.2, 0.25) is 0 Å². The van der Waals surface area contributed by atoms with Crippen LogP contribution in [-0.2, 0) is 9.59 Å². The van der Waals surface area contributed by atoms with Gasteiger partial charge in [0.15, 0.2) is 5.78 Å². The van der Waals surface area contributed by atoms with Crippen LogP contribution in [0.5, 0.6) is 0 Å². The summed E-state index contributed by atoms with van der Waals surface area (Å²) in [7, 11) is 0. The number of Topliss-reactive ketones (excluding diaryl/α,β-unsaturated/α-hetero) is 1. The van der Waals surface area contributed by atoms with Crippen LogP contribution in [0.25, 0.3) is 0 Å². The summed E-state index contributed by atoms with van der Waals surface area (Å²) in [6, 6.07) is 0. The first-order chi connectivity index (χ1) is 4.16. The molecule has 0 fully saturated rings. The molecule has 0 heterocycles. The van der Waals surface area contributed by atoms with Gasteiger partial charge < -0.3 is 10.2 Å². The Hall–Kier alpha value is -0.900. The highest BCUT2D eigenvalue weighted by molar-refractivity contribution is 5.83. The van der Waals surface area contributed by atoms with Crippen molar-refractivity contribution in [1.29, 1.82) is 0 Å². The Morgan fingerprint density at radius 1 is 1.22 bits per heavy atom. The lowest BCUT2D eigenvalue weighted by Gasteiger charge is -1.89. The zero-order valence-corrected chi connectivity index (χ0v) is 4.83. The van der Waals surface area contributed by atoms with Gasteiger partial charge in [-0.2, -0.15) is 0 Å². The summed E-state index contributed by atoms with van der Waals surface area (Å²) in [5.74, 6) is -1.45. The van der Waals surface area contributed by atoms with Crippen LogP contribution in [0.3, 0.4) is 0 Å². The van der Waals surface area contributed by atoms with Crippen molar-refractivity contribution in [3.05, 3.63) is 0 Å². The smallest absolute Gasteiger partial charge is 0.303 e. The Morgan fingerprint density at radius 2 is 1.78 bits per heavy atom. The van der Waals surface area contributed by atoms with E-state index in [-0.39, 0.29) is 12.8 Å². The molecule has 9 heavy (non-hydrogen) atoms. The molecule has 4 heteroatoms. The average Bonchev–Trinajstić information content (AvgIpc) is 1.83. The molecule has 0 saturated heterocycles. The summed E-state index contributed by atoms with van der Waals surface area (Å²) in [6.07, 6.45) is -0.273. The lowest BCUT2D eigenvalue weighted by Crippen LogP contribution is -2.06. The van der Waals surface area contributed by atoms with Gasteiger partial charge in [-0.25, -0.2) is 0 Å². The maximum absolute atomic E-state index is 10.2. The number of carboxylic acid groups (broad SMARTS) is 1. The van der Waals surface area contributed by atoms with Gasteiger partial charge in [0, 0.05) is 6.42 Å². The van der Waals surface area contributed by atoms with Crippen molar-refractivity contribution in [1.82, 2.24) is 0 Å². The Morgan fingerprint density at radius 3 is 2.11 bits per heavy atom. The first-order valence-electron chi connectivity index (χ1n) is 2.51. The molecule has 0 amide bonds. The summed E-state index contributed by atoms with van der Waals surface area (Å²) in [6.45, 7) is -0.562. The van der Waals surface area contributed by atoms with Crippen LogP contribution in [-0.4, -0.2) is 28.6 Å². The van der Waals surface area contributed by atoms with Crippen LogP contribution in [0.15, 0.2) is 0 Å². The molecule has 0 aromatic carbocycles. The number of carbonyl (C=O) groups is 2. The second kappa shape index (κ2) is 4.03. The number of aliphatic hydroxyl groups is 1. The molecular formula is C5H8O4. The predicted molar refractivity (Wildman–Crippen MR) is 29.0 cm³/mol. The number of ketones is 1. The van der Waals surface area contributed by atoms with Gasteiger partial charge in [0.25, 0.3) is 0 Å². The molecule has 0 aromatic heterocycles. The number of hydrogen-bond donors (Lipinski definition) is 2. The zero-order valence-electron chi connectivity index (χ0n) is 4.83. The van der Waals surface area contributed by atoms with Crippen molar-refractivity contribution in [2.24, 2.45) is 0 Å². The van der Waals surface area contributed by atoms with Crippen LogP contribution in [0.4, 0.5) is 0 Å². The first kappa shape index (κ1) is 8.10. The van der Waals surface area contributed by atoms with Gasteiger partial charge in [-0.3, -0.25) is 9.59 Å². The van der Waals surface area contributed by atoms with E-state index in [1.165, 1.54) is 0 Å². The number of carbonyl (C=O) groups excluding carboxylic acids is 1. The molecule has 0 rings (SSSR count). The van der Waals surface area contributed by atoms with E-state index in [9.17, 15) is 9.59 Å². The summed E-state index contributed by atoms with van der Waals surface area (Å²) in [4.78, 5) is 20.0. The molecule has 0 bridgehead atoms. The number of carboxylic acids is 1. The van der Waals surface area contributed by atoms with Crippen LogP contribution in [0.1, 0.15) is 12.8 Å². The van der Waals surface area contributed by atoms with E-state index in [4.69, 9.17) is 10.2 Å². The van der Waals surface area contributed by atoms with Crippen LogP contribution in [0, 0.1) is 0 Å². The van der Waals surface area contributed by atoms with Crippen molar-refractivity contribution in [3.63, 3.8) is 0 Å². The van der Waals surface area contributed by atoms with Gasteiger partial charge in [-0.1, -0.05) is 0 Å². The highest BCUT2D eigenvalue weighted by atomic mass is 16.4. The van der Waals surface area contributed by atoms with Crippen molar-refractivity contribution in [3.8, 4) is 0 Å². The topological polar surface area (TPSA) is 74.6 Å². The van der Waals surface area contributed by atoms with E-state index in [1.807, 2.05) is 0 Å². The number of aliphatic carboxylic acids is 1. The molecule has 0 spiro atoms. The maximum Gasteiger partial charge on any atom is 0.303 e. The molecule has 0 radical (unpaired) electrons. The lowest BCUT2D eigenvalue weighted by molar-refractivity contribution is -0.138. The van der Waals surface area contributed by atoms with E-state index in [2.05, 4.69) is 0 Å². The molecule has 0 unspecified atom stereocenters. The highest BCUT2D eigenvalue weighted by Gasteiger charge is 2.02. The van der Waals surface area contributed by atoms with Crippen LogP contribution >= 0.6 is 0 Å². The van der Waals surface area contributed by atoms with Crippen molar-refractivity contribution >= 4 is 11.8 Å². The third-order valence-corrected chi connectivity index (χ3v) is 0.794. The van der Waals surface area contributed by atoms with Crippen molar-refractivity contribution in [2.45, 2.75) is 12.8 Å². The third kappa shape index (κ3) is 4.96. The fraction of sp³-hybridized carbons (Fsp3) is 0.600. The standard InChI is InChI=1S/C5H8O4/c6-3-4(7)1-2-5(8)9/h6H,1-3H2,(H,8,9). The van der Waals surface area contributed by atoms with Gasteiger partial charge in [0.05, 0.1) is 6.42 Å². The SMILES string of the molecule is O=C(O)CCC(=O)CO. The average molecular weight is 132 g/mol. The Balaban J connectivity index is 3.28. The van der Waals surface area contributed by atoms with E-state index < -0.39 is 18.4 Å². The Bertz CT molecular complexity index is 118. The minimum Gasteiger partial charge on any atom is -0.481 e. The summed E-state index contributed by atoms with van der Waals surface area (Å²) in [5.41, 5.74) is 0. The quantitative estimate of drug-likeness (QED) is 0.536. The molecule has 52 valence electrons. The van der Waals surface area contributed by atoms with E-state index in [0.717, 1.165) is 0 Å². The first-order valence-corrected chi connectivity index (χ1v) is 2.51. The zero-order chi connectivity index (χ0) is 7.28. The molecule has 0 atom stereocenters. The van der Waals surface area contributed by atoms with Gasteiger partial charge >= 0.3 is 5.97 Å². The van der Waals surface area contributed by atoms with Gasteiger partial charge in [-0.15, -0.1) is 0 Å². The third-order valence-electron chi connectivity index (χ3n) is 0.794. The number of aliphatic hydroxyl groups excluding tert-OH is 1. The van der Waals surface area contributed by atoms with E-state index in [0.29, 0.717) is 0 Å². The molecule has 2 N–H and O–H groups in total. The fourth-order valence-electron chi connectivity index (χ4n) is 0.325. The number of rotatable bonds is 4. The molecule has 0 aliphatic carbocycles. The maximum atomic E-state index is 10.2. The second-order valence-electron chi connectivity index (χ2n) is 1.59. The summed E-state index contributed by atoms with van der Waals surface area (Å²) >= 11 is 0. The van der Waals surface area contributed by atoms with Crippen molar-refractivity contribution in [2.75, 3.05) is 6.61 Å².